The van der Waals surface area contributed by atoms with Crippen molar-refractivity contribution in [1.82, 2.24) is 4.90 Å². The number of likely N-dealkylation sites (N-methyl/N-ethyl adjacent to an activating group) is 1. The Bertz CT molecular complexity index is 1140. The summed E-state index contributed by atoms with van der Waals surface area (Å²) in [6, 6.07) is 19.2. The molecule has 1 aliphatic heterocycles. The molecule has 0 aromatic heterocycles. The van der Waals surface area contributed by atoms with E-state index < -0.39 is 5.54 Å². The highest BCUT2D eigenvalue weighted by atomic mass is 35.5. The summed E-state index contributed by atoms with van der Waals surface area (Å²) in [5.74, 6) is -0.174. The average Bonchev–Trinajstić information content (AvgIpc) is 2.82. The molecule has 3 aromatic carbocycles. The summed E-state index contributed by atoms with van der Waals surface area (Å²) >= 11 is 12.2. The predicted molar refractivity (Wildman–Crippen MR) is 122 cm³/mol. The Morgan fingerprint density at radius 2 is 1.70 bits per heavy atom. The van der Waals surface area contributed by atoms with Crippen LogP contribution in [0.25, 0.3) is 10.8 Å². The van der Waals surface area contributed by atoms with E-state index in [4.69, 9.17) is 23.2 Å². The first-order valence-corrected chi connectivity index (χ1v) is 10.6. The average molecular weight is 441 g/mol. The highest BCUT2D eigenvalue weighted by Gasteiger charge is 2.45. The molecule has 1 aliphatic rings. The quantitative estimate of drug-likeness (QED) is 0.550. The molecule has 1 unspecified atom stereocenters. The van der Waals surface area contributed by atoms with Gasteiger partial charge in [-0.2, -0.15) is 0 Å². The third-order valence-electron chi connectivity index (χ3n) is 5.96. The zero-order valence-electron chi connectivity index (χ0n) is 16.9. The SMILES string of the molecule is CN1C(=O)CCN(c2cccc3ccccc23)C(=O)C1(C)Cc1ccc(Cl)c(Cl)c1. The van der Waals surface area contributed by atoms with E-state index in [0.717, 1.165) is 22.0 Å². The van der Waals surface area contributed by atoms with Gasteiger partial charge in [0, 0.05) is 31.8 Å². The molecule has 0 saturated carbocycles. The highest BCUT2D eigenvalue weighted by molar-refractivity contribution is 6.42. The van der Waals surface area contributed by atoms with Crippen LogP contribution in [0.4, 0.5) is 5.69 Å². The van der Waals surface area contributed by atoms with Crippen molar-refractivity contribution in [1.29, 1.82) is 0 Å². The number of anilines is 1. The van der Waals surface area contributed by atoms with Crippen LogP contribution in [0.5, 0.6) is 0 Å². The Morgan fingerprint density at radius 3 is 2.47 bits per heavy atom. The molecule has 1 heterocycles. The van der Waals surface area contributed by atoms with E-state index in [1.807, 2.05) is 55.5 Å². The predicted octanol–water partition coefficient (Wildman–Crippen LogP) is 5.34. The minimum atomic E-state index is -1.05. The molecular weight excluding hydrogens is 419 g/mol. The fourth-order valence-corrected chi connectivity index (χ4v) is 4.42. The van der Waals surface area contributed by atoms with Crippen LogP contribution in [-0.2, 0) is 16.0 Å². The van der Waals surface area contributed by atoms with E-state index in [2.05, 4.69) is 0 Å². The van der Waals surface area contributed by atoms with Gasteiger partial charge in [-0.25, -0.2) is 0 Å². The summed E-state index contributed by atoms with van der Waals surface area (Å²) < 4.78 is 0. The van der Waals surface area contributed by atoms with E-state index in [0.29, 0.717) is 23.0 Å². The molecular formula is C24H22Cl2N2O2. The Labute approximate surface area is 186 Å². The third-order valence-corrected chi connectivity index (χ3v) is 6.70. The maximum Gasteiger partial charge on any atom is 0.253 e. The molecule has 0 N–H and O–H groups in total. The second kappa shape index (κ2) is 7.93. The van der Waals surface area contributed by atoms with Crippen LogP contribution in [0.15, 0.2) is 60.7 Å². The molecule has 0 bridgehead atoms. The van der Waals surface area contributed by atoms with Crippen molar-refractivity contribution >= 4 is 51.5 Å². The Kier molecular flexibility index (Phi) is 5.48. The van der Waals surface area contributed by atoms with Gasteiger partial charge in [0.2, 0.25) is 5.91 Å². The van der Waals surface area contributed by atoms with E-state index in [-0.39, 0.29) is 18.2 Å². The maximum atomic E-state index is 13.9. The van der Waals surface area contributed by atoms with Crippen LogP contribution in [0.3, 0.4) is 0 Å². The minimum absolute atomic E-state index is 0.0614. The number of rotatable bonds is 3. The Balaban J connectivity index is 1.79. The number of nitrogens with zero attached hydrogens (tertiary/aromatic N) is 2. The minimum Gasteiger partial charge on any atom is -0.331 e. The Morgan fingerprint density at radius 1 is 0.967 bits per heavy atom. The molecule has 1 saturated heterocycles. The third kappa shape index (κ3) is 3.55. The lowest BCUT2D eigenvalue weighted by atomic mass is 9.89. The van der Waals surface area contributed by atoms with Crippen LogP contribution < -0.4 is 4.90 Å². The first-order chi connectivity index (χ1) is 14.3. The van der Waals surface area contributed by atoms with Gasteiger partial charge in [-0.3, -0.25) is 9.59 Å². The number of hydrogen-bond donors (Lipinski definition) is 0. The highest BCUT2D eigenvalue weighted by Crippen LogP contribution is 2.34. The molecule has 3 aromatic rings. The van der Waals surface area contributed by atoms with Crippen molar-refractivity contribution in [2.45, 2.75) is 25.3 Å². The normalized spacial score (nSPS) is 20.0. The first kappa shape index (κ1) is 20.7. The lowest BCUT2D eigenvalue weighted by molar-refractivity contribution is -0.141. The van der Waals surface area contributed by atoms with Crippen molar-refractivity contribution < 1.29 is 9.59 Å². The fourth-order valence-electron chi connectivity index (χ4n) is 4.10. The number of carbonyl (C=O) groups is 2. The molecule has 154 valence electrons. The molecule has 0 aliphatic carbocycles. The molecule has 6 heteroatoms. The molecule has 4 rings (SSSR count). The summed E-state index contributed by atoms with van der Waals surface area (Å²) in [6.07, 6.45) is 0.606. The van der Waals surface area contributed by atoms with Gasteiger partial charge >= 0.3 is 0 Å². The molecule has 30 heavy (non-hydrogen) atoms. The van der Waals surface area contributed by atoms with Gasteiger partial charge in [0.15, 0.2) is 0 Å². The largest absolute Gasteiger partial charge is 0.331 e. The number of carbonyl (C=O) groups excluding carboxylic acids is 2. The van der Waals surface area contributed by atoms with Crippen LogP contribution in [0.2, 0.25) is 10.0 Å². The van der Waals surface area contributed by atoms with Crippen LogP contribution in [0, 0.1) is 0 Å². The van der Waals surface area contributed by atoms with Gasteiger partial charge in [-0.1, -0.05) is 65.7 Å². The summed E-state index contributed by atoms with van der Waals surface area (Å²) in [7, 11) is 1.70. The van der Waals surface area contributed by atoms with Crippen molar-refractivity contribution in [3.05, 3.63) is 76.3 Å². The number of hydrogen-bond acceptors (Lipinski definition) is 2. The lowest BCUT2D eigenvalue weighted by Gasteiger charge is -2.38. The Hall–Kier alpha value is -2.56. The van der Waals surface area contributed by atoms with E-state index in [9.17, 15) is 9.59 Å². The van der Waals surface area contributed by atoms with Gasteiger partial charge in [0.1, 0.15) is 5.54 Å². The van der Waals surface area contributed by atoms with E-state index >= 15 is 0 Å². The van der Waals surface area contributed by atoms with Crippen molar-refractivity contribution in [2.75, 3.05) is 18.5 Å². The van der Waals surface area contributed by atoms with Crippen LogP contribution in [0.1, 0.15) is 18.9 Å². The molecule has 1 atom stereocenters. The van der Waals surface area contributed by atoms with Crippen molar-refractivity contribution in [3.63, 3.8) is 0 Å². The molecule has 2 amide bonds. The van der Waals surface area contributed by atoms with Crippen molar-refractivity contribution in [2.24, 2.45) is 0 Å². The molecule has 4 nitrogen and oxygen atoms in total. The molecule has 0 spiro atoms. The summed E-state index contributed by atoms with van der Waals surface area (Å²) in [6.45, 7) is 2.16. The monoisotopic (exact) mass is 440 g/mol. The summed E-state index contributed by atoms with van der Waals surface area (Å²) in [4.78, 5) is 30.0. The van der Waals surface area contributed by atoms with E-state index in [1.54, 1.807) is 29.0 Å². The number of halogens is 2. The zero-order chi connectivity index (χ0) is 21.5. The smallest absolute Gasteiger partial charge is 0.253 e. The first-order valence-electron chi connectivity index (χ1n) is 9.81. The number of benzene rings is 3. The second-order valence-electron chi connectivity index (χ2n) is 7.86. The van der Waals surface area contributed by atoms with Gasteiger partial charge in [0.05, 0.1) is 15.7 Å². The summed E-state index contributed by atoms with van der Waals surface area (Å²) in [5.41, 5.74) is 0.614. The lowest BCUT2D eigenvalue weighted by Crippen LogP contribution is -2.57. The fraction of sp³-hybridized carbons (Fsp3) is 0.250. The number of amides is 2. The van der Waals surface area contributed by atoms with Gasteiger partial charge < -0.3 is 9.80 Å². The maximum absolute atomic E-state index is 13.9. The second-order valence-corrected chi connectivity index (χ2v) is 8.67. The van der Waals surface area contributed by atoms with Crippen LogP contribution >= 0.6 is 23.2 Å². The zero-order valence-corrected chi connectivity index (χ0v) is 18.4. The summed E-state index contributed by atoms with van der Waals surface area (Å²) in [5, 5.41) is 2.93. The molecule has 1 fully saturated rings. The van der Waals surface area contributed by atoms with Crippen molar-refractivity contribution in [3.8, 4) is 0 Å². The molecule has 0 radical (unpaired) electrons. The van der Waals surface area contributed by atoms with E-state index in [1.165, 1.54) is 0 Å². The number of fused-ring (bicyclic) bond motifs is 1. The standard InChI is InChI=1S/C24H22Cl2N2O2/c1-24(15-16-10-11-19(25)20(26)14-16)23(30)28(13-12-22(29)27(24)2)21-9-5-7-17-6-3-4-8-18(17)21/h3-11,14H,12-13,15H2,1-2H3. The van der Waals surface area contributed by atoms with Gasteiger partial charge in [0.25, 0.3) is 5.91 Å². The topological polar surface area (TPSA) is 40.6 Å². The van der Waals surface area contributed by atoms with Gasteiger partial charge in [-0.05, 0) is 36.1 Å². The van der Waals surface area contributed by atoms with Crippen LogP contribution in [-0.4, -0.2) is 35.8 Å². The van der Waals surface area contributed by atoms with Gasteiger partial charge in [-0.15, -0.1) is 0 Å².